The summed E-state index contributed by atoms with van der Waals surface area (Å²) in [4.78, 5) is 9.08. The highest BCUT2D eigenvalue weighted by atomic mass is 127. The Kier molecular flexibility index (Phi) is 11.1. The average molecular weight is 500 g/mol. The van der Waals surface area contributed by atoms with E-state index >= 15 is 0 Å². The van der Waals surface area contributed by atoms with Crippen molar-refractivity contribution in [3.63, 3.8) is 0 Å². The van der Waals surface area contributed by atoms with E-state index in [1.807, 2.05) is 37.3 Å². The zero-order valence-corrected chi connectivity index (χ0v) is 19.4. The number of nitrogens with zero attached hydrogens (tertiary/aromatic N) is 2. The van der Waals surface area contributed by atoms with E-state index in [0.717, 1.165) is 43.5 Å². The predicted molar refractivity (Wildman–Crippen MR) is 125 cm³/mol. The van der Waals surface area contributed by atoms with Gasteiger partial charge in [0.25, 0.3) is 0 Å². The molecule has 1 aromatic carbocycles. The normalized spacial score (nSPS) is 11.8. The van der Waals surface area contributed by atoms with Crippen LogP contribution in [0, 0.1) is 0 Å². The standard InChI is InChI=1S/C21H32N4O2.HI/c1-4-12-21(26,13-5-2)16-24-20(22-6-3)23-14-18-15-27-19(25-18)17-10-8-7-9-11-17;/h7-11,15,26H,4-6,12-14,16H2,1-3H3,(H2,22,23,24);1H. The van der Waals surface area contributed by atoms with Crippen molar-refractivity contribution >= 4 is 29.9 Å². The topological polar surface area (TPSA) is 82.7 Å². The lowest BCUT2D eigenvalue weighted by atomic mass is 9.93. The Morgan fingerprint density at radius 1 is 1.11 bits per heavy atom. The number of aromatic nitrogens is 1. The summed E-state index contributed by atoms with van der Waals surface area (Å²) in [6.45, 7) is 7.84. The third-order valence-electron chi connectivity index (χ3n) is 4.33. The van der Waals surface area contributed by atoms with E-state index < -0.39 is 5.60 Å². The first-order valence-electron chi connectivity index (χ1n) is 9.84. The maximum absolute atomic E-state index is 10.8. The van der Waals surface area contributed by atoms with Gasteiger partial charge in [-0.05, 0) is 31.9 Å². The molecule has 0 amide bonds. The van der Waals surface area contributed by atoms with Gasteiger partial charge in [0.05, 0.1) is 12.1 Å². The predicted octanol–water partition coefficient (Wildman–Crippen LogP) is 4.35. The molecule has 7 heteroatoms. The Bertz CT molecular complexity index is 697. The van der Waals surface area contributed by atoms with Crippen molar-refractivity contribution in [2.75, 3.05) is 13.1 Å². The summed E-state index contributed by atoms with van der Waals surface area (Å²) < 4.78 is 5.56. The smallest absolute Gasteiger partial charge is 0.226 e. The fraction of sp³-hybridized carbons (Fsp3) is 0.524. The van der Waals surface area contributed by atoms with Crippen LogP contribution in [0.3, 0.4) is 0 Å². The van der Waals surface area contributed by atoms with Gasteiger partial charge >= 0.3 is 0 Å². The Labute approximate surface area is 185 Å². The SMILES string of the molecule is CCCC(O)(CCC)CNC(=NCc1coc(-c2ccccc2)n1)NCC.I. The monoisotopic (exact) mass is 500 g/mol. The zero-order chi connectivity index (χ0) is 19.5. The number of aliphatic hydroxyl groups is 1. The highest BCUT2D eigenvalue weighted by Crippen LogP contribution is 2.19. The lowest BCUT2D eigenvalue weighted by Crippen LogP contribution is -2.47. The summed E-state index contributed by atoms with van der Waals surface area (Å²) in [5.41, 5.74) is 1.01. The molecule has 0 fully saturated rings. The highest BCUT2D eigenvalue weighted by Gasteiger charge is 2.24. The van der Waals surface area contributed by atoms with Crippen LogP contribution in [0.25, 0.3) is 11.5 Å². The van der Waals surface area contributed by atoms with Gasteiger partial charge in [0, 0.05) is 18.7 Å². The number of aliphatic imine (C=N–C) groups is 1. The molecule has 1 heterocycles. The molecule has 0 radical (unpaired) electrons. The van der Waals surface area contributed by atoms with Gasteiger partial charge in [-0.25, -0.2) is 9.98 Å². The molecule has 0 aliphatic heterocycles. The zero-order valence-electron chi connectivity index (χ0n) is 17.1. The minimum atomic E-state index is -0.700. The number of nitrogens with one attached hydrogen (secondary N) is 2. The molecule has 0 bridgehead atoms. The minimum Gasteiger partial charge on any atom is -0.444 e. The van der Waals surface area contributed by atoms with Crippen molar-refractivity contribution in [3.8, 4) is 11.5 Å². The fourth-order valence-corrected chi connectivity index (χ4v) is 3.08. The molecule has 0 saturated heterocycles. The Morgan fingerprint density at radius 2 is 1.79 bits per heavy atom. The minimum absolute atomic E-state index is 0. The van der Waals surface area contributed by atoms with Crippen molar-refractivity contribution < 1.29 is 9.52 Å². The van der Waals surface area contributed by atoms with Crippen LogP contribution in [0.5, 0.6) is 0 Å². The van der Waals surface area contributed by atoms with Crippen molar-refractivity contribution in [1.29, 1.82) is 0 Å². The first-order chi connectivity index (χ1) is 13.1. The summed E-state index contributed by atoms with van der Waals surface area (Å²) in [5, 5.41) is 17.3. The fourth-order valence-electron chi connectivity index (χ4n) is 3.08. The summed E-state index contributed by atoms with van der Waals surface area (Å²) in [6.07, 6.45) is 5.09. The second-order valence-corrected chi connectivity index (χ2v) is 6.78. The van der Waals surface area contributed by atoms with E-state index in [1.165, 1.54) is 0 Å². The van der Waals surface area contributed by atoms with Crippen LogP contribution in [0.15, 0.2) is 46.0 Å². The third-order valence-corrected chi connectivity index (χ3v) is 4.33. The number of benzene rings is 1. The Hall–Kier alpha value is -1.61. The van der Waals surface area contributed by atoms with Gasteiger partial charge in [0.15, 0.2) is 5.96 Å². The van der Waals surface area contributed by atoms with Crippen molar-refractivity contribution in [2.24, 2.45) is 4.99 Å². The Balaban J connectivity index is 0.00000392. The molecule has 0 unspecified atom stereocenters. The van der Waals surface area contributed by atoms with Gasteiger partial charge < -0.3 is 20.2 Å². The van der Waals surface area contributed by atoms with Crippen molar-refractivity contribution in [2.45, 2.75) is 58.6 Å². The van der Waals surface area contributed by atoms with E-state index in [0.29, 0.717) is 24.9 Å². The van der Waals surface area contributed by atoms with Crippen LogP contribution >= 0.6 is 24.0 Å². The van der Waals surface area contributed by atoms with Gasteiger partial charge in [-0.1, -0.05) is 44.9 Å². The number of guanidine groups is 1. The number of hydrogen-bond donors (Lipinski definition) is 3. The molecule has 0 aliphatic rings. The molecule has 2 aromatic rings. The largest absolute Gasteiger partial charge is 0.444 e. The number of hydrogen-bond acceptors (Lipinski definition) is 4. The quantitative estimate of drug-likeness (QED) is 0.257. The molecule has 2 rings (SSSR count). The van der Waals surface area contributed by atoms with E-state index in [2.05, 4.69) is 34.5 Å². The van der Waals surface area contributed by atoms with E-state index in [4.69, 9.17) is 4.42 Å². The molecular weight excluding hydrogens is 467 g/mol. The first kappa shape index (κ1) is 24.4. The van der Waals surface area contributed by atoms with Crippen molar-refractivity contribution in [3.05, 3.63) is 42.3 Å². The van der Waals surface area contributed by atoms with E-state index in [1.54, 1.807) is 6.26 Å². The molecule has 156 valence electrons. The molecular formula is C21H33IN4O2. The van der Waals surface area contributed by atoms with Crippen LogP contribution in [-0.2, 0) is 6.54 Å². The van der Waals surface area contributed by atoms with Crippen LogP contribution in [0.4, 0.5) is 0 Å². The first-order valence-corrected chi connectivity index (χ1v) is 9.84. The van der Waals surface area contributed by atoms with Crippen LogP contribution in [0.2, 0.25) is 0 Å². The molecule has 0 atom stereocenters. The number of rotatable bonds is 10. The van der Waals surface area contributed by atoms with Gasteiger partial charge in [-0.2, -0.15) is 0 Å². The molecule has 3 N–H and O–H groups in total. The van der Waals surface area contributed by atoms with Crippen LogP contribution < -0.4 is 10.6 Å². The van der Waals surface area contributed by atoms with E-state index in [-0.39, 0.29) is 24.0 Å². The molecule has 6 nitrogen and oxygen atoms in total. The molecule has 28 heavy (non-hydrogen) atoms. The van der Waals surface area contributed by atoms with Gasteiger partial charge in [0.1, 0.15) is 12.0 Å². The number of halogens is 1. The van der Waals surface area contributed by atoms with Crippen LogP contribution in [-0.4, -0.2) is 34.7 Å². The highest BCUT2D eigenvalue weighted by molar-refractivity contribution is 14.0. The summed E-state index contributed by atoms with van der Waals surface area (Å²) in [7, 11) is 0. The number of oxazole rings is 1. The third kappa shape index (κ3) is 7.79. The van der Waals surface area contributed by atoms with Crippen molar-refractivity contribution in [1.82, 2.24) is 15.6 Å². The summed E-state index contributed by atoms with van der Waals surface area (Å²) >= 11 is 0. The molecule has 0 spiro atoms. The maximum Gasteiger partial charge on any atom is 0.226 e. The second-order valence-electron chi connectivity index (χ2n) is 6.78. The van der Waals surface area contributed by atoms with Gasteiger partial charge in [-0.3, -0.25) is 0 Å². The average Bonchev–Trinajstić information content (AvgIpc) is 3.14. The van der Waals surface area contributed by atoms with Gasteiger partial charge in [0.2, 0.25) is 5.89 Å². The maximum atomic E-state index is 10.8. The summed E-state index contributed by atoms with van der Waals surface area (Å²) in [6, 6.07) is 9.81. The molecule has 0 aliphatic carbocycles. The molecule has 0 saturated carbocycles. The lowest BCUT2D eigenvalue weighted by molar-refractivity contribution is 0.0257. The second kappa shape index (κ2) is 12.8. The van der Waals surface area contributed by atoms with E-state index in [9.17, 15) is 5.11 Å². The summed E-state index contributed by atoms with van der Waals surface area (Å²) in [5.74, 6) is 1.27. The van der Waals surface area contributed by atoms with Crippen LogP contribution in [0.1, 0.15) is 52.1 Å². The lowest BCUT2D eigenvalue weighted by Gasteiger charge is -2.28. The Morgan fingerprint density at radius 3 is 2.39 bits per heavy atom. The van der Waals surface area contributed by atoms with Gasteiger partial charge in [-0.15, -0.1) is 24.0 Å². The molecule has 1 aromatic heterocycles.